The molecule has 2 unspecified atom stereocenters. The second-order valence-electron chi connectivity index (χ2n) is 14.3. The van der Waals surface area contributed by atoms with Crippen molar-refractivity contribution < 1.29 is 0 Å². The Hall–Kier alpha value is -5.90. The number of benzene rings is 7. The molecule has 1 aliphatic carbocycles. The Kier molecular flexibility index (Phi) is 6.43. The quantitative estimate of drug-likeness (QED) is 0.200. The average Bonchev–Trinajstić information content (AvgIpc) is 3.63. The molecule has 2 aliphatic rings. The number of anilines is 1. The Morgan fingerprint density at radius 2 is 1.22 bits per heavy atom. The van der Waals surface area contributed by atoms with Gasteiger partial charge in [0.05, 0.1) is 17.1 Å². The van der Waals surface area contributed by atoms with Gasteiger partial charge in [0.2, 0.25) is 0 Å². The van der Waals surface area contributed by atoms with E-state index in [2.05, 4.69) is 193 Å². The number of aromatic nitrogens is 1. The van der Waals surface area contributed by atoms with Crippen molar-refractivity contribution in [3.05, 3.63) is 192 Å². The second-order valence-corrected chi connectivity index (χ2v) is 14.3. The molecule has 0 fully saturated rings. The highest BCUT2D eigenvalue weighted by molar-refractivity contribution is 6.13. The van der Waals surface area contributed by atoms with Gasteiger partial charge >= 0.3 is 0 Å². The third-order valence-electron chi connectivity index (χ3n) is 11.1. The molecule has 2 heterocycles. The SMILES string of the molecule is CC1(C)c2ccccc2-c2ccc3c4ccccc4n(-c4ccc(C5Nc6ccccc6C(c6ccc(-c7ccccc7)cc6)N5)cc4)c3c21. The van der Waals surface area contributed by atoms with Gasteiger partial charge in [0, 0.05) is 27.6 Å². The fraction of sp³-hybridized carbons (Fsp3) is 0.106. The lowest BCUT2D eigenvalue weighted by atomic mass is 9.81. The van der Waals surface area contributed by atoms with E-state index in [0.29, 0.717) is 0 Å². The molecular formula is C47H37N3. The van der Waals surface area contributed by atoms with Gasteiger partial charge in [-0.2, -0.15) is 0 Å². The smallest absolute Gasteiger partial charge is 0.104 e. The number of para-hydroxylation sites is 2. The summed E-state index contributed by atoms with van der Waals surface area (Å²) in [5, 5.41) is 10.3. The summed E-state index contributed by atoms with van der Waals surface area (Å²) in [4.78, 5) is 0. The van der Waals surface area contributed by atoms with E-state index < -0.39 is 0 Å². The Bertz CT molecular complexity index is 2560. The maximum atomic E-state index is 3.95. The first-order valence-electron chi connectivity index (χ1n) is 17.6. The molecule has 10 rings (SSSR count). The summed E-state index contributed by atoms with van der Waals surface area (Å²) in [5.74, 6) is 0. The van der Waals surface area contributed by atoms with Crippen molar-refractivity contribution in [3.8, 4) is 27.9 Å². The number of fused-ring (bicyclic) bond motifs is 8. The lowest BCUT2D eigenvalue weighted by Gasteiger charge is -2.35. The van der Waals surface area contributed by atoms with Crippen LogP contribution in [0.25, 0.3) is 49.7 Å². The number of rotatable bonds is 4. The summed E-state index contributed by atoms with van der Waals surface area (Å²) >= 11 is 0. The molecule has 0 bridgehead atoms. The third-order valence-corrected chi connectivity index (χ3v) is 11.1. The maximum absolute atomic E-state index is 3.95. The summed E-state index contributed by atoms with van der Waals surface area (Å²) < 4.78 is 2.50. The predicted octanol–water partition coefficient (Wildman–Crippen LogP) is 11.6. The molecule has 0 amide bonds. The number of hydrogen-bond acceptors (Lipinski definition) is 2. The Morgan fingerprint density at radius 3 is 2.06 bits per heavy atom. The molecule has 1 aromatic heterocycles. The lowest BCUT2D eigenvalue weighted by molar-refractivity contribution is 0.506. The molecule has 1 aliphatic heterocycles. The van der Waals surface area contributed by atoms with Crippen molar-refractivity contribution in [3.63, 3.8) is 0 Å². The van der Waals surface area contributed by atoms with E-state index in [-0.39, 0.29) is 17.6 Å². The zero-order valence-electron chi connectivity index (χ0n) is 28.2. The number of nitrogens with zero attached hydrogens (tertiary/aromatic N) is 1. The summed E-state index contributed by atoms with van der Waals surface area (Å²) in [6.45, 7) is 4.76. The Labute approximate surface area is 292 Å². The molecule has 8 aromatic rings. The average molecular weight is 644 g/mol. The third kappa shape index (κ3) is 4.33. The van der Waals surface area contributed by atoms with Gasteiger partial charge in [0.1, 0.15) is 6.17 Å². The van der Waals surface area contributed by atoms with E-state index in [9.17, 15) is 0 Å². The summed E-state index contributed by atoms with van der Waals surface area (Å²) in [6.07, 6.45) is -0.0476. The van der Waals surface area contributed by atoms with Gasteiger partial charge < -0.3 is 9.88 Å². The molecule has 3 nitrogen and oxygen atoms in total. The second kappa shape index (κ2) is 11.1. The first-order valence-corrected chi connectivity index (χ1v) is 17.6. The highest BCUT2D eigenvalue weighted by Gasteiger charge is 2.38. The summed E-state index contributed by atoms with van der Waals surface area (Å²) in [5.41, 5.74) is 16.4. The van der Waals surface area contributed by atoms with Crippen LogP contribution >= 0.6 is 0 Å². The molecule has 0 radical (unpaired) electrons. The van der Waals surface area contributed by atoms with Crippen LogP contribution in [-0.4, -0.2) is 4.57 Å². The van der Waals surface area contributed by atoms with Crippen LogP contribution in [0.15, 0.2) is 164 Å². The fourth-order valence-electron chi connectivity index (χ4n) is 8.68. The van der Waals surface area contributed by atoms with Crippen LogP contribution in [0.2, 0.25) is 0 Å². The lowest BCUT2D eigenvalue weighted by Crippen LogP contribution is -2.37. The van der Waals surface area contributed by atoms with Crippen LogP contribution in [-0.2, 0) is 5.41 Å². The molecule has 240 valence electrons. The zero-order valence-corrected chi connectivity index (χ0v) is 28.2. The number of hydrogen-bond donors (Lipinski definition) is 2. The van der Waals surface area contributed by atoms with E-state index in [4.69, 9.17) is 0 Å². The van der Waals surface area contributed by atoms with Gasteiger partial charge in [-0.25, -0.2) is 0 Å². The molecular weight excluding hydrogens is 607 g/mol. The van der Waals surface area contributed by atoms with Crippen molar-refractivity contribution in [2.24, 2.45) is 0 Å². The van der Waals surface area contributed by atoms with E-state index in [0.717, 1.165) is 5.69 Å². The highest BCUT2D eigenvalue weighted by Crippen LogP contribution is 2.53. The van der Waals surface area contributed by atoms with Crippen molar-refractivity contribution in [1.29, 1.82) is 0 Å². The van der Waals surface area contributed by atoms with Crippen LogP contribution in [0.5, 0.6) is 0 Å². The van der Waals surface area contributed by atoms with E-state index in [1.807, 2.05) is 0 Å². The first-order chi connectivity index (χ1) is 24.6. The molecule has 0 spiro atoms. The van der Waals surface area contributed by atoms with Crippen LogP contribution in [0.4, 0.5) is 5.69 Å². The topological polar surface area (TPSA) is 29.0 Å². The van der Waals surface area contributed by atoms with E-state index >= 15 is 0 Å². The van der Waals surface area contributed by atoms with Crippen molar-refractivity contribution >= 4 is 27.5 Å². The Morgan fingerprint density at radius 1 is 0.540 bits per heavy atom. The molecule has 3 heteroatoms. The largest absolute Gasteiger partial charge is 0.366 e. The van der Waals surface area contributed by atoms with Crippen molar-refractivity contribution in [2.45, 2.75) is 31.5 Å². The summed E-state index contributed by atoms with van der Waals surface area (Å²) in [7, 11) is 0. The fourth-order valence-corrected chi connectivity index (χ4v) is 8.68. The van der Waals surface area contributed by atoms with Gasteiger partial charge in [-0.05, 0) is 74.3 Å². The first kappa shape index (κ1) is 29.1. The van der Waals surface area contributed by atoms with Crippen LogP contribution in [0, 0.1) is 0 Å². The zero-order chi connectivity index (χ0) is 33.4. The monoisotopic (exact) mass is 643 g/mol. The molecule has 50 heavy (non-hydrogen) atoms. The highest BCUT2D eigenvalue weighted by atomic mass is 15.2. The Balaban J connectivity index is 1.05. The van der Waals surface area contributed by atoms with Gasteiger partial charge in [-0.1, -0.05) is 153 Å². The molecule has 7 aromatic carbocycles. The minimum Gasteiger partial charge on any atom is -0.366 e. The van der Waals surface area contributed by atoms with Crippen molar-refractivity contribution in [2.75, 3.05) is 5.32 Å². The molecule has 2 atom stereocenters. The van der Waals surface area contributed by atoms with Gasteiger partial charge in [-0.15, -0.1) is 0 Å². The van der Waals surface area contributed by atoms with Crippen LogP contribution < -0.4 is 10.6 Å². The molecule has 2 N–H and O–H groups in total. The normalized spacial score (nSPS) is 17.2. The van der Waals surface area contributed by atoms with Crippen LogP contribution in [0.1, 0.15) is 53.9 Å². The van der Waals surface area contributed by atoms with E-state index in [1.54, 1.807) is 0 Å². The maximum Gasteiger partial charge on any atom is 0.104 e. The van der Waals surface area contributed by atoms with Gasteiger partial charge in [0.15, 0.2) is 0 Å². The minimum absolute atomic E-state index is 0.0476. The van der Waals surface area contributed by atoms with Crippen LogP contribution in [0.3, 0.4) is 0 Å². The minimum atomic E-state index is -0.116. The molecule has 0 saturated heterocycles. The summed E-state index contributed by atoms with van der Waals surface area (Å²) in [6, 6.07) is 59.9. The van der Waals surface area contributed by atoms with Gasteiger partial charge in [-0.3, -0.25) is 5.32 Å². The molecule has 0 saturated carbocycles. The van der Waals surface area contributed by atoms with Gasteiger partial charge in [0.25, 0.3) is 0 Å². The van der Waals surface area contributed by atoms with E-state index in [1.165, 1.54) is 77.6 Å². The van der Waals surface area contributed by atoms with Crippen molar-refractivity contribution in [1.82, 2.24) is 9.88 Å². The predicted molar refractivity (Wildman–Crippen MR) is 208 cm³/mol. The standard InChI is InChI=1S/C47H37N3/c1-47(2)40-17-9-6-14-35(40)37-28-29-38-36-15-8-11-19-42(36)50(45(38)43(37)47)34-26-24-33(25-27-34)46-48-41-18-10-7-16-39(41)44(49-46)32-22-20-31(21-23-32)30-12-4-3-5-13-30/h3-29,44,46,48-49H,1-2H3. The number of nitrogens with one attached hydrogen (secondary N) is 2.